The van der Waals surface area contributed by atoms with Gasteiger partial charge in [0.2, 0.25) is 18.7 Å². The normalized spacial score (nSPS) is 44.5. The monoisotopic (exact) mass is 770 g/mol. The van der Waals surface area contributed by atoms with Gasteiger partial charge in [0.1, 0.15) is 12.0 Å². The van der Waals surface area contributed by atoms with E-state index >= 15 is 0 Å². The molecule has 0 radical (unpaired) electrons. The van der Waals surface area contributed by atoms with Gasteiger partial charge in [0.05, 0.1) is 24.2 Å². The van der Waals surface area contributed by atoms with Crippen LogP contribution in [0.3, 0.4) is 0 Å². The number of hydrogen-bond donors (Lipinski definition) is 0. The Kier molecular flexibility index (Phi) is 10.6. The lowest BCUT2D eigenvalue weighted by molar-refractivity contribution is -0.348. The fourth-order valence-electron chi connectivity index (χ4n) is 11.7. The lowest BCUT2D eigenvalue weighted by atomic mass is 9.47. The summed E-state index contributed by atoms with van der Waals surface area (Å²) in [6.45, 7) is 11.0. The summed E-state index contributed by atoms with van der Waals surface area (Å²) in [6.07, 6.45) is 4.60. The Balaban J connectivity index is 1.06. The number of carbonyl (C=O) groups is 6. The van der Waals surface area contributed by atoms with Crippen LogP contribution in [-0.2, 0) is 66.7 Å². The molecule has 0 aromatic rings. The highest BCUT2D eigenvalue weighted by molar-refractivity contribution is 5.98. The van der Waals surface area contributed by atoms with Crippen LogP contribution >= 0.6 is 0 Å². The summed E-state index contributed by atoms with van der Waals surface area (Å²) in [6, 6.07) is 0. The minimum Gasteiger partial charge on any atom is -0.461 e. The molecular formula is C41H54O14. The molecule has 0 aromatic heterocycles. The predicted molar refractivity (Wildman–Crippen MR) is 189 cm³/mol. The Morgan fingerprint density at radius 2 is 1.40 bits per heavy atom. The van der Waals surface area contributed by atoms with E-state index in [1.54, 1.807) is 6.08 Å². The first-order chi connectivity index (χ1) is 26.0. The van der Waals surface area contributed by atoms with Gasteiger partial charge in [-0.05, 0) is 87.5 Å². The lowest BCUT2D eigenvalue weighted by Crippen LogP contribution is -2.64. The molecule has 3 saturated heterocycles. The predicted octanol–water partition coefficient (Wildman–Crippen LogP) is 4.30. The van der Waals surface area contributed by atoms with Crippen molar-refractivity contribution in [2.24, 2.45) is 46.3 Å². The second kappa shape index (κ2) is 14.7. The smallest absolute Gasteiger partial charge is 0.314 e. The van der Waals surface area contributed by atoms with Crippen molar-refractivity contribution in [2.75, 3.05) is 13.2 Å². The second-order valence-electron chi connectivity index (χ2n) is 17.3. The molecule has 0 aromatic carbocycles. The van der Waals surface area contributed by atoms with Gasteiger partial charge in [0.15, 0.2) is 18.0 Å². The minimum absolute atomic E-state index is 0.0113. The zero-order chi connectivity index (χ0) is 39.6. The fourth-order valence-corrected chi connectivity index (χ4v) is 11.7. The molecule has 3 heterocycles. The summed E-state index contributed by atoms with van der Waals surface area (Å²) in [5, 5.41) is 0. The maximum atomic E-state index is 13.9. The van der Waals surface area contributed by atoms with Crippen LogP contribution in [0.15, 0.2) is 23.8 Å². The van der Waals surface area contributed by atoms with Crippen molar-refractivity contribution in [3.05, 3.63) is 23.8 Å². The maximum Gasteiger partial charge on any atom is 0.314 e. The molecule has 0 spiro atoms. The van der Waals surface area contributed by atoms with Crippen LogP contribution in [0, 0.1) is 46.3 Å². The molecule has 4 aliphatic carbocycles. The number of carbonyl (C=O) groups excluding carboxylic acids is 6. The third kappa shape index (κ3) is 6.94. The van der Waals surface area contributed by atoms with Crippen LogP contribution < -0.4 is 0 Å². The number of rotatable bonds is 8. The van der Waals surface area contributed by atoms with E-state index in [1.807, 2.05) is 13.0 Å². The molecule has 302 valence electrons. The van der Waals surface area contributed by atoms with Gasteiger partial charge in [-0.25, -0.2) is 0 Å². The van der Waals surface area contributed by atoms with E-state index in [0.717, 1.165) is 66.2 Å². The number of allylic oxidation sites excluding steroid dienone is 4. The first-order valence-electron chi connectivity index (χ1n) is 19.7. The number of esters is 5. The van der Waals surface area contributed by atoms with Crippen LogP contribution in [0.25, 0.3) is 0 Å². The summed E-state index contributed by atoms with van der Waals surface area (Å²) in [5.74, 6) is -2.82. The van der Waals surface area contributed by atoms with E-state index in [0.29, 0.717) is 30.8 Å². The van der Waals surface area contributed by atoms with E-state index in [-0.39, 0.29) is 35.7 Å². The standard InChI is InChI=1S/C41H54O14/c1-20(42)50-33-34(51-21(2)43)37(55-38(53-23(4)45)35(33)52-22(3)44)48-19-30-36(47)54-31-17-40(30,6)49-18-26(31)28-14-13-27-25-12-11-24-9-8-10-32(46)41(24,7)29(25)15-16-39(27,28)5/h8,10-11,25-31,33-35,37-38H,9,12-19H2,1-7H3/t25-,26-,27+,28+,29-,30-,31+,33+,34+,35-,37+,38-,39-,40+,41+/m0/s1. The second-order valence-corrected chi connectivity index (χ2v) is 17.3. The Morgan fingerprint density at radius 1 is 0.782 bits per heavy atom. The van der Waals surface area contributed by atoms with Crippen molar-refractivity contribution in [1.29, 1.82) is 0 Å². The molecule has 3 aliphatic heterocycles. The molecule has 7 rings (SSSR count). The zero-order valence-corrected chi connectivity index (χ0v) is 32.7. The topological polar surface area (TPSA) is 176 Å². The molecule has 2 bridgehead atoms. The Bertz CT molecular complexity index is 1670. The SMILES string of the molecule is CC(=O)O[C@H]1O[C@@H](OC[C@H]2C(=O)O[C@@H]3C[C@@]2(C)OC[C@H]3[C@H]2CC[C@@H]3[C@@H]4CC=C5CC=CC(=O)[C@@]5(C)[C@H]4CC[C@]23C)[C@H](OC(C)=O)[C@@H](OC(C)=O)[C@@H]1OC(C)=O. The van der Waals surface area contributed by atoms with E-state index in [2.05, 4.69) is 19.9 Å². The molecule has 0 unspecified atom stereocenters. The molecule has 55 heavy (non-hydrogen) atoms. The largest absolute Gasteiger partial charge is 0.461 e. The highest BCUT2D eigenvalue weighted by Gasteiger charge is 2.64. The van der Waals surface area contributed by atoms with Gasteiger partial charge in [-0.15, -0.1) is 0 Å². The van der Waals surface area contributed by atoms with E-state index in [1.165, 1.54) is 5.57 Å². The van der Waals surface area contributed by atoms with Crippen LogP contribution in [0.4, 0.5) is 0 Å². The molecule has 15 atom stereocenters. The number of ether oxygens (including phenoxy) is 8. The Labute approximate surface area is 321 Å². The third-order valence-corrected chi connectivity index (χ3v) is 14.2. The molecule has 2 saturated carbocycles. The maximum absolute atomic E-state index is 13.9. The van der Waals surface area contributed by atoms with Crippen LogP contribution in [-0.4, -0.2) is 91.4 Å². The minimum atomic E-state index is -1.60. The van der Waals surface area contributed by atoms with Crippen LogP contribution in [0.5, 0.6) is 0 Å². The zero-order valence-electron chi connectivity index (χ0n) is 32.7. The number of fused-ring (bicyclic) bond motifs is 7. The van der Waals surface area contributed by atoms with E-state index in [4.69, 9.17) is 37.9 Å². The first kappa shape index (κ1) is 39.6. The van der Waals surface area contributed by atoms with Gasteiger partial charge in [0.25, 0.3) is 0 Å². The van der Waals surface area contributed by atoms with E-state index in [9.17, 15) is 28.8 Å². The summed E-state index contributed by atoms with van der Waals surface area (Å²) in [7, 11) is 0. The van der Waals surface area contributed by atoms with Gasteiger partial charge in [-0.2, -0.15) is 0 Å². The van der Waals surface area contributed by atoms with Crippen LogP contribution in [0.2, 0.25) is 0 Å². The summed E-state index contributed by atoms with van der Waals surface area (Å²) >= 11 is 0. The van der Waals surface area contributed by atoms with Crippen LogP contribution in [0.1, 0.15) is 93.4 Å². The van der Waals surface area contributed by atoms with Gasteiger partial charge in [0, 0.05) is 40.0 Å². The Morgan fingerprint density at radius 3 is 2.05 bits per heavy atom. The average Bonchev–Trinajstić information content (AvgIpc) is 3.44. The van der Waals surface area contributed by atoms with Gasteiger partial charge in [-0.3, -0.25) is 28.8 Å². The lowest BCUT2D eigenvalue weighted by Gasteiger charge is -2.58. The van der Waals surface area contributed by atoms with Crippen molar-refractivity contribution in [3.8, 4) is 0 Å². The van der Waals surface area contributed by atoms with Crippen molar-refractivity contribution < 1.29 is 66.7 Å². The number of ketones is 1. The molecule has 14 nitrogen and oxygen atoms in total. The molecule has 0 N–H and O–H groups in total. The van der Waals surface area contributed by atoms with Gasteiger partial charge >= 0.3 is 29.8 Å². The number of hydrogen-bond acceptors (Lipinski definition) is 14. The summed E-state index contributed by atoms with van der Waals surface area (Å²) in [4.78, 5) is 75.8. The van der Waals surface area contributed by atoms with Crippen molar-refractivity contribution in [1.82, 2.24) is 0 Å². The molecule has 5 fully saturated rings. The quantitative estimate of drug-likeness (QED) is 0.194. The van der Waals surface area contributed by atoms with Crippen molar-refractivity contribution in [2.45, 2.75) is 136 Å². The van der Waals surface area contributed by atoms with E-state index < -0.39 is 77.7 Å². The van der Waals surface area contributed by atoms with Crippen molar-refractivity contribution in [3.63, 3.8) is 0 Å². The van der Waals surface area contributed by atoms with Gasteiger partial charge < -0.3 is 37.9 Å². The summed E-state index contributed by atoms with van der Waals surface area (Å²) in [5.41, 5.74) is -0.0765. The molecule has 14 heteroatoms. The molecule has 7 aliphatic rings. The van der Waals surface area contributed by atoms with Crippen molar-refractivity contribution >= 4 is 35.6 Å². The molecule has 0 amide bonds. The third-order valence-electron chi connectivity index (χ3n) is 14.2. The molecular weight excluding hydrogens is 716 g/mol. The summed E-state index contributed by atoms with van der Waals surface area (Å²) < 4.78 is 46.5. The Hall–Kier alpha value is -3.62. The average molecular weight is 771 g/mol. The fraction of sp³-hybridized carbons (Fsp3) is 0.756. The van der Waals surface area contributed by atoms with Gasteiger partial charge in [-0.1, -0.05) is 24.6 Å². The highest BCUT2D eigenvalue weighted by atomic mass is 16.8. The first-order valence-corrected chi connectivity index (χ1v) is 19.7. The highest BCUT2D eigenvalue weighted by Crippen LogP contribution is 2.67.